The van der Waals surface area contributed by atoms with Crippen LogP contribution in [0.2, 0.25) is 0 Å². The van der Waals surface area contributed by atoms with E-state index in [9.17, 15) is 23.9 Å². The Morgan fingerprint density at radius 1 is 1.02 bits per heavy atom. The van der Waals surface area contributed by atoms with E-state index in [-0.39, 0.29) is 49.2 Å². The molecule has 2 aliphatic heterocycles. The highest BCUT2D eigenvalue weighted by atomic mass is 79.9. The van der Waals surface area contributed by atoms with Crippen molar-refractivity contribution >= 4 is 39.5 Å². The molecule has 42 heavy (non-hydrogen) atoms. The second-order valence-corrected chi connectivity index (χ2v) is 12.8. The summed E-state index contributed by atoms with van der Waals surface area (Å²) in [6, 6.07) is 12.7. The molecule has 1 aliphatic carbocycles. The third-order valence-corrected chi connectivity index (χ3v) is 8.80. The molecule has 2 aromatic carbocycles. The van der Waals surface area contributed by atoms with Gasteiger partial charge in [0.2, 0.25) is 5.91 Å². The molecule has 0 aromatic heterocycles. The van der Waals surface area contributed by atoms with Crippen LogP contribution < -0.4 is 9.64 Å². The van der Waals surface area contributed by atoms with Gasteiger partial charge in [-0.25, -0.2) is 9.18 Å². The number of nitrogens with zero attached hydrogens (tertiary/aromatic N) is 4. The minimum atomic E-state index is -1.14. The number of rotatable bonds is 8. The minimum absolute atomic E-state index is 0.0756. The first-order valence-corrected chi connectivity index (χ1v) is 15.4. The summed E-state index contributed by atoms with van der Waals surface area (Å²) < 4.78 is 21.5. The standard InChI is InChI=1S/C31H38BrFN4O5/c1-31(2,29(39)34-13-15-35(16-14-34)30(40)41)42-26-7-3-6-25(18-26)36-12-4-5-22(19-36)28(38)37(24-10-11-24)20-21-8-9-23(32)17-27(21)33/h3,6-9,17-18,22,24H,4-5,10-16,19-20H2,1-2H3,(H,40,41)/t22-/m1/s1. The van der Waals surface area contributed by atoms with Crippen molar-refractivity contribution in [3.8, 4) is 5.75 Å². The Kier molecular flexibility index (Phi) is 8.96. The van der Waals surface area contributed by atoms with Crippen molar-refractivity contribution < 1.29 is 28.6 Å². The summed E-state index contributed by atoms with van der Waals surface area (Å²) in [7, 11) is 0. The van der Waals surface area contributed by atoms with E-state index < -0.39 is 11.7 Å². The van der Waals surface area contributed by atoms with Crippen LogP contribution in [0, 0.1) is 11.7 Å². The molecule has 3 amide bonds. The number of ether oxygens (including phenoxy) is 1. The molecule has 11 heteroatoms. The molecular weight excluding hydrogens is 607 g/mol. The Hall–Kier alpha value is -3.34. The number of hydrogen-bond acceptors (Lipinski definition) is 5. The van der Waals surface area contributed by atoms with E-state index >= 15 is 0 Å². The van der Waals surface area contributed by atoms with Crippen LogP contribution >= 0.6 is 15.9 Å². The summed E-state index contributed by atoms with van der Waals surface area (Å²) >= 11 is 3.30. The average molecular weight is 646 g/mol. The minimum Gasteiger partial charge on any atom is -0.478 e. The third-order valence-electron chi connectivity index (χ3n) is 8.31. The number of piperidine rings is 1. The first kappa shape index (κ1) is 30.1. The lowest BCUT2D eigenvalue weighted by molar-refractivity contribution is -0.147. The lowest BCUT2D eigenvalue weighted by Crippen LogP contribution is -2.56. The predicted molar refractivity (Wildman–Crippen MR) is 160 cm³/mol. The number of hydrogen-bond donors (Lipinski definition) is 1. The summed E-state index contributed by atoms with van der Waals surface area (Å²) in [4.78, 5) is 45.2. The molecule has 2 heterocycles. The number of halogens is 2. The molecule has 0 spiro atoms. The maximum atomic E-state index is 14.6. The fourth-order valence-corrected chi connectivity index (χ4v) is 6.15. The Morgan fingerprint density at radius 2 is 1.74 bits per heavy atom. The molecule has 0 bridgehead atoms. The first-order chi connectivity index (χ1) is 20.0. The average Bonchev–Trinajstić information content (AvgIpc) is 3.81. The van der Waals surface area contributed by atoms with Gasteiger partial charge >= 0.3 is 6.09 Å². The van der Waals surface area contributed by atoms with Crippen molar-refractivity contribution in [3.05, 3.63) is 58.3 Å². The van der Waals surface area contributed by atoms with E-state index in [1.165, 1.54) is 11.0 Å². The fourth-order valence-electron chi connectivity index (χ4n) is 5.82. The molecular formula is C31H38BrFN4O5. The number of amides is 3. The van der Waals surface area contributed by atoms with Gasteiger partial charge in [-0.2, -0.15) is 0 Å². The summed E-state index contributed by atoms with van der Waals surface area (Å²) in [5.74, 6) is -0.0665. The second-order valence-electron chi connectivity index (χ2n) is 11.9. The largest absolute Gasteiger partial charge is 0.478 e. The quantitative estimate of drug-likeness (QED) is 0.436. The molecule has 2 aromatic rings. The Balaban J connectivity index is 1.23. The van der Waals surface area contributed by atoms with Gasteiger partial charge in [0.05, 0.1) is 5.92 Å². The third kappa shape index (κ3) is 6.99. The van der Waals surface area contributed by atoms with Crippen LogP contribution in [0.15, 0.2) is 46.9 Å². The molecule has 0 unspecified atom stereocenters. The lowest BCUT2D eigenvalue weighted by atomic mass is 9.95. The van der Waals surface area contributed by atoms with Gasteiger partial charge in [0.25, 0.3) is 5.91 Å². The highest BCUT2D eigenvalue weighted by Gasteiger charge is 2.39. The van der Waals surface area contributed by atoms with Gasteiger partial charge in [-0.3, -0.25) is 9.59 Å². The molecule has 5 rings (SSSR count). The smallest absolute Gasteiger partial charge is 0.407 e. The molecule has 3 aliphatic rings. The lowest BCUT2D eigenvalue weighted by Gasteiger charge is -2.38. The van der Waals surface area contributed by atoms with Crippen LogP contribution in [-0.2, 0) is 16.1 Å². The molecule has 0 radical (unpaired) electrons. The van der Waals surface area contributed by atoms with Crippen LogP contribution in [0.4, 0.5) is 14.9 Å². The van der Waals surface area contributed by atoms with Gasteiger partial charge in [-0.05, 0) is 63.8 Å². The van der Waals surface area contributed by atoms with E-state index in [0.717, 1.165) is 37.9 Å². The number of carbonyl (C=O) groups is 3. The van der Waals surface area contributed by atoms with Crippen molar-refractivity contribution in [1.29, 1.82) is 0 Å². The van der Waals surface area contributed by atoms with E-state index in [1.807, 2.05) is 29.2 Å². The van der Waals surface area contributed by atoms with Crippen molar-refractivity contribution in [2.75, 3.05) is 44.2 Å². The first-order valence-electron chi connectivity index (χ1n) is 14.6. The second kappa shape index (κ2) is 12.5. The molecule has 1 saturated carbocycles. The van der Waals surface area contributed by atoms with Gasteiger partial charge in [-0.15, -0.1) is 0 Å². The van der Waals surface area contributed by atoms with E-state index in [1.54, 1.807) is 30.9 Å². The van der Waals surface area contributed by atoms with Crippen LogP contribution in [0.5, 0.6) is 5.75 Å². The number of anilines is 1. The SMILES string of the molecule is CC(C)(Oc1cccc(N2CCC[C@@H](C(=O)N(Cc3ccc(Br)cc3F)C3CC3)C2)c1)C(=O)N1CCN(C(=O)O)CC1. The molecule has 1 atom stereocenters. The number of benzene rings is 2. The summed E-state index contributed by atoms with van der Waals surface area (Å²) in [6.45, 7) is 6.29. The van der Waals surface area contributed by atoms with Crippen LogP contribution in [0.1, 0.15) is 45.1 Å². The summed E-state index contributed by atoms with van der Waals surface area (Å²) in [6.07, 6.45) is 2.56. The predicted octanol–water partition coefficient (Wildman–Crippen LogP) is 4.98. The van der Waals surface area contributed by atoms with E-state index in [2.05, 4.69) is 20.8 Å². The van der Waals surface area contributed by atoms with Crippen molar-refractivity contribution in [1.82, 2.24) is 14.7 Å². The number of piperazine rings is 1. The zero-order valence-corrected chi connectivity index (χ0v) is 25.7. The van der Waals surface area contributed by atoms with E-state index in [0.29, 0.717) is 35.4 Å². The van der Waals surface area contributed by atoms with Gasteiger partial charge in [-0.1, -0.05) is 28.1 Å². The number of carboxylic acid groups (broad SMARTS) is 1. The van der Waals surface area contributed by atoms with Gasteiger partial charge in [0.15, 0.2) is 5.60 Å². The van der Waals surface area contributed by atoms with Crippen LogP contribution in [0.25, 0.3) is 0 Å². The topological polar surface area (TPSA) is 93.6 Å². The Bertz CT molecular complexity index is 1330. The molecule has 3 fully saturated rings. The normalized spacial score (nSPS) is 19.4. The Labute approximate surface area is 254 Å². The fraction of sp³-hybridized carbons (Fsp3) is 0.516. The maximum Gasteiger partial charge on any atom is 0.407 e. The van der Waals surface area contributed by atoms with Crippen LogP contribution in [-0.4, -0.2) is 88.6 Å². The summed E-state index contributed by atoms with van der Waals surface area (Å²) in [5, 5.41) is 9.19. The molecule has 1 N–H and O–H groups in total. The van der Waals surface area contributed by atoms with Crippen LogP contribution in [0.3, 0.4) is 0 Å². The monoisotopic (exact) mass is 644 g/mol. The van der Waals surface area contributed by atoms with Gasteiger partial charge in [0, 0.05) is 73.6 Å². The molecule has 9 nitrogen and oxygen atoms in total. The highest BCUT2D eigenvalue weighted by Crippen LogP contribution is 2.34. The molecule has 226 valence electrons. The van der Waals surface area contributed by atoms with Gasteiger partial charge < -0.3 is 29.4 Å². The van der Waals surface area contributed by atoms with E-state index in [4.69, 9.17) is 4.74 Å². The zero-order valence-electron chi connectivity index (χ0n) is 24.1. The highest BCUT2D eigenvalue weighted by molar-refractivity contribution is 9.10. The van der Waals surface area contributed by atoms with Crippen molar-refractivity contribution in [2.45, 2.75) is 57.7 Å². The summed E-state index contributed by atoms with van der Waals surface area (Å²) in [5.41, 5.74) is 0.300. The zero-order chi connectivity index (χ0) is 30.0. The van der Waals surface area contributed by atoms with Crippen molar-refractivity contribution in [3.63, 3.8) is 0 Å². The van der Waals surface area contributed by atoms with Crippen molar-refractivity contribution in [2.24, 2.45) is 5.92 Å². The molecule has 2 saturated heterocycles. The number of carbonyl (C=O) groups excluding carboxylic acids is 2. The Morgan fingerprint density at radius 3 is 2.40 bits per heavy atom. The van der Waals surface area contributed by atoms with Gasteiger partial charge in [0.1, 0.15) is 11.6 Å². The maximum absolute atomic E-state index is 14.6.